The Hall–Kier alpha value is -1.69. The van der Waals surface area contributed by atoms with Crippen molar-refractivity contribution in [3.05, 3.63) is 52.7 Å². The van der Waals surface area contributed by atoms with Gasteiger partial charge in [-0.2, -0.15) is 0 Å². The highest BCUT2D eigenvalue weighted by molar-refractivity contribution is 7.09. The Morgan fingerprint density at radius 2 is 1.96 bits per heavy atom. The number of hydrogen-bond acceptors (Lipinski definition) is 4. The van der Waals surface area contributed by atoms with E-state index in [9.17, 15) is 4.79 Å². The van der Waals surface area contributed by atoms with E-state index in [1.807, 2.05) is 35.2 Å². The summed E-state index contributed by atoms with van der Waals surface area (Å²) in [5, 5.41) is 2.11. The van der Waals surface area contributed by atoms with E-state index in [1.165, 1.54) is 4.88 Å². The molecule has 1 aromatic heterocycles. The van der Waals surface area contributed by atoms with Gasteiger partial charge in [-0.1, -0.05) is 24.3 Å². The molecule has 1 spiro atoms. The van der Waals surface area contributed by atoms with Gasteiger partial charge in [-0.3, -0.25) is 9.69 Å². The minimum Gasteiger partial charge on any atom is -0.362 e. The van der Waals surface area contributed by atoms with Crippen molar-refractivity contribution in [1.82, 2.24) is 4.90 Å². The van der Waals surface area contributed by atoms with Gasteiger partial charge < -0.3 is 9.64 Å². The molecule has 132 valence electrons. The van der Waals surface area contributed by atoms with E-state index in [1.54, 1.807) is 11.3 Å². The van der Waals surface area contributed by atoms with Gasteiger partial charge in [0.25, 0.3) is 5.91 Å². The third kappa shape index (κ3) is 3.50. The van der Waals surface area contributed by atoms with Crippen LogP contribution in [0.4, 0.5) is 5.69 Å². The van der Waals surface area contributed by atoms with Gasteiger partial charge in [0.1, 0.15) is 0 Å². The molecule has 5 heteroatoms. The smallest absolute Gasteiger partial charge is 0.260 e. The summed E-state index contributed by atoms with van der Waals surface area (Å²) in [6.07, 6.45) is 2.87. The topological polar surface area (TPSA) is 32.8 Å². The molecule has 1 atom stereocenters. The lowest BCUT2D eigenvalue weighted by Crippen LogP contribution is -2.59. The number of nitrogens with zero attached hydrogens (tertiary/aromatic N) is 2. The van der Waals surface area contributed by atoms with Gasteiger partial charge in [0.05, 0.1) is 6.61 Å². The fourth-order valence-corrected chi connectivity index (χ4v) is 4.63. The van der Waals surface area contributed by atoms with Crippen molar-refractivity contribution in [2.24, 2.45) is 0 Å². The molecule has 0 bridgehead atoms. The van der Waals surface area contributed by atoms with Crippen LogP contribution in [-0.4, -0.2) is 42.6 Å². The number of morpholine rings is 1. The summed E-state index contributed by atoms with van der Waals surface area (Å²) in [6.45, 7) is 3.88. The lowest BCUT2D eigenvalue weighted by Gasteiger charge is -2.42. The minimum absolute atomic E-state index is 0.132. The van der Waals surface area contributed by atoms with Crippen molar-refractivity contribution in [2.45, 2.75) is 31.4 Å². The minimum atomic E-state index is -0.693. The van der Waals surface area contributed by atoms with E-state index >= 15 is 0 Å². The van der Waals surface area contributed by atoms with Crippen LogP contribution in [0, 0.1) is 0 Å². The van der Waals surface area contributed by atoms with Crippen LogP contribution in [0.2, 0.25) is 0 Å². The van der Waals surface area contributed by atoms with Crippen molar-refractivity contribution in [3.63, 3.8) is 0 Å². The number of hydrogen-bond donors (Lipinski definition) is 0. The average molecular weight is 356 g/mol. The summed E-state index contributed by atoms with van der Waals surface area (Å²) in [5.41, 5.74) is 0.287. The molecule has 2 aliphatic rings. The molecule has 0 radical (unpaired) electrons. The van der Waals surface area contributed by atoms with E-state index in [4.69, 9.17) is 4.74 Å². The lowest BCUT2D eigenvalue weighted by molar-refractivity contribution is -0.158. The van der Waals surface area contributed by atoms with Crippen molar-refractivity contribution in [1.29, 1.82) is 0 Å². The predicted molar refractivity (Wildman–Crippen MR) is 101 cm³/mol. The van der Waals surface area contributed by atoms with E-state index in [0.717, 1.165) is 44.6 Å². The molecule has 1 amide bonds. The number of para-hydroxylation sites is 1. The zero-order chi connectivity index (χ0) is 17.1. The molecule has 1 aromatic carbocycles. The average Bonchev–Trinajstić information content (AvgIpc) is 3.10. The quantitative estimate of drug-likeness (QED) is 0.843. The Kier molecular flexibility index (Phi) is 4.88. The molecule has 2 fully saturated rings. The van der Waals surface area contributed by atoms with Crippen LogP contribution in [0.1, 0.15) is 24.1 Å². The van der Waals surface area contributed by atoms with Crippen LogP contribution in [0.5, 0.6) is 0 Å². The number of carbonyl (C=O) groups is 1. The Balaban J connectivity index is 1.56. The molecule has 2 saturated heterocycles. The number of amides is 1. The van der Waals surface area contributed by atoms with Gasteiger partial charge in [0, 0.05) is 36.7 Å². The van der Waals surface area contributed by atoms with Gasteiger partial charge in [0.2, 0.25) is 0 Å². The molecule has 0 N–H and O–H groups in total. The van der Waals surface area contributed by atoms with Gasteiger partial charge in [-0.05, 0) is 42.8 Å². The first-order valence-electron chi connectivity index (χ1n) is 9.03. The molecular formula is C20H24N2O2S. The van der Waals surface area contributed by atoms with Crippen LogP contribution < -0.4 is 4.90 Å². The highest BCUT2D eigenvalue weighted by Gasteiger charge is 2.47. The summed E-state index contributed by atoms with van der Waals surface area (Å²) in [7, 11) is 0. The number of benzene rings is 1. The van der Waals surface area contributed by atoms with E-state index < -0.39 is 5.60 Å². The molecular weight excluding hydrogens is 332 g/mol. The summed E-state index contributed by atoms with van der Waals surface area (Å²) in [5.74, 6) is 0.132. The second-order valence-corrected chi connectivity index (χ2v) is 7.91. The summed E-state index contributed by atoms with van der Waals surface area (Å²) < 4.78 is 6.17. The van der Waals surface area contributed by atoms with E-state index in [2.05, 4.69) is 22.4 Å². The maximum Gasteiger partial charge on any atom is 0.260 e. The monoisotopic (exact) mass is 356 g/mol. The Morgan fingerprint density at radius 3 is 2.76 bits per heavy atom. The molecule has 2 aromatic rings. The fraction of sp³-hybridized carbons (Fsp3) is 0.450. The van der Waals surface area contributed by atoms with Gasteiger partial charge >= 0.3 is 0 Å². The molecule has 0 saturated carbocycles. The van der Waals surface area contributed by atoms with Gasteiger partial charge in [-0.25, -0.2) is 0 Å². The number of anilines is 1. The van der Waals surface area contributed by atoms with E-state index in [-0.39, 0.29) is 5.91 Å². The van der Waals surface area contributed by atoms with Crippen molar-refractivity contribution in [3.8, 4) is 0 Å². The molecule has 4 nitrogen and oxygen atoms in total. The summed E-state index contributed by atoms with van der Waals surface area (Å²) in [6, 6.07) is 14.3. The number of ether oxygens (including phenoxy) is 1. The van der Waals surface area contributed by atoms with Crippen molar-refractivity contribution >= 4 is 22.9 Å². The van der Waals surface area contributed by atoms with Gasteiger partial charge in [0.15, 0.2) is 5.60 Å². The standard InChI is InChI=1S/C20H24N2O2S/c23-19-20(10-4-5-11-22(19)17-7-2-1-3-8-17)16-21(12-13-24-20)15-18-9-6-14-25-18/h1-3,6-9,14H,4-5,10-13,15-16H2. The molecule has 0 aliphatic carbocycles. The second-order valence-electron chi connectivity index (χ2n) is 6.88. The first-order chi connectivity index (χ1) is 12.3. The van der Waals surface area contributed by atoms with Crippen molar-refractivity contribution < 1.29 is 9.53 Å². The van der Waals surface area contributed by atoms with Gasteiger partial charge in [-0.15, -0.1) is 11.3 Å². The van der Waals surface area contributed by atoms with Crippen LogP contribution >= 0.6 is 11.3 Å². The second kappa shape index (κ2) is 7.28. The first-order valence-corrected chi connectivity index (χ1v) is 9.91. The molecule has 1 unspecified atom stereocenters. The Labute approximate surface area is 153 Å². The maximum atomic E-state index is 13.4. The Morgan fingerprint density at radius 1 is 1.08 bits per heavy atom. The molecule has 4 rings (SSSR count). The maximum absolute atomic E-state index is 13.4. The highest BCUT2D eigenvalue weighted by atomic mass is 32.1. The lowest BCUT2D eigenvalue weighted by atomic mass is 9.94. The predicted octanol–water partition coefficient (Wildman–Crippen LogP) is 3.54. The zero-order valence-corrected chi connectivity index (χ0v) is 15.2. The number of carbonyl (C=O) groups excluding carboxylic acids is 1. The SMILES string of the molecule is O=C1N(c2ccccc2)CCCCC12CN(Cc1cccs1)CCO2. The third-order valence-electron chi connectivity index (χ3n) is 5.14. The third-order valence-corrected chi connectivity index (χ3v) is 6.00. The summed E-state index contributed by atoms with van der Waals surface area (Å²) >= 11 is 1.78. The molecule has 25 heavy (non-hydrogen) atoms. The van der Waals surface area contributed by atoms with Crippen LogP contribution in [0.3, 0.4) is 0 Å². The Bertz CT molecular complexity index is 704. The van der Waals surface area contributed by atoms with Crippen LogP contribution in [0.25, 0.3) is 0 Å². The largest absolute Gasteiger partial charge is 0.362 e. The first kappa shape index (κ1) is 16.8. The van der Waals surface area contributed by atoms with Crippen molar-refractivity contribution in [2.75, 3.05) is 31.1 Å². The van der Waals surface area contributed by atoms with Crippen LogP contribution in [0.15, 0.2) is 47.8 Å². The summed E-state index contributed by atoms with van der Waals surface area (Å²) in [4.78, 5) is 19.1. The van der Waals surface area contributed by atoms with Crippen LogP contribution in [-0.2, 0) is 16.1 Å². The van der Waals surface area contributed by atoms with E-state index in [0.29, 0.717) is 13.2 Å². The number of rotatable bonds is 3. The fourth-order valence-electron chi connectivity index (χ4n) is 3.88. The highest BCUT2D eigenvalue weighted by Crippen LogP contribution is 2.33. The molecule has 3 heterocycles. The normalized spacial score (nSPS) is 25.3. The zero-order valence-electron chi connectivity index (χ0n) is 14.4. The number of thiophene rings is 1. The molecule has 2 aliphatic heterocycles.